The van der Waals surface area contributed by atoms with E-state index in [-0.39, 0.29) is 24.3 Å². The summed E-state index contributed by atoms with van der Waals surface area (Å²) in [5, 5.41) is 5.73. The number of benzene rings is 1. The van der Waals surface area contributed by atoms with Crippen LogP contribution in [0.5, 0.6) is 0 Å². The lowest BCUT2D eigenvalue weighted by atomic mass is 9.79. The first-order chi connectivity index (χ1) is 17.2. The molecule has 0 unspecified atom stereocenters. The predicted octanol–water partition coefficient (Wildman–Crippen LogP) is 2.17. The lowest BCUT2D eigenvalue weighted by Crippen LogP contribution is -2.53. The number of carbonyl (C=O) groups is 4. The highest BCUT2D eigenvalue weighted by atomic mass is 16.6. The fourth-order valence-electron chi connectivity index (χ4n) is 5.22. The van der Waals surface area contributed by atoms with Crippen LogP contribution in [0.1, 0.15) is 62.4 Å². The van der Waals surface area contributed by atoms with Crippen LogP contribution in [0.25, 0.3) is 0 Å². The number of nitrogens with zero attached hydrogens (tertiary/aromatic N) is 3. The van der Waals surface area contributed by atoms with Crippen molar-refractivity contribution in [3.63, 3.8) is 0 Å². The van der Waals surface area contributed by atoms with Crippen molar-refractivity contribution in [1.82, 2.24) is 15.1 Å². The van der Waals surface area contributed by atoms with Gasteiger partial charge in [0.25, 0.3) is 5.91 Å². The van der Waals surface area contributed by atoms with Gasteiger partial charge in [-0.1, -0.05) is 12.8 Å². The Bertz CT molecular complexity index is 1150. The summed E-state index contributed by atoms with van der Waals surface area (Å²) < 4.78 is 7.10. The highest BCUT2D eigenvalue weighted by Crippen LogP contribution is 2.47. The van der Waals surface area contributed by atoms with Gasteiger partial charge < -0.3 is 20.3 Å². The van der Waals surface area contributed by atoms with Crippen LogP contribution in [-0.2, 0) is 19.7 Å². The molecule has 2 N–H and O–H groups in total. The molecule has 200 valence electrons. The average Bonchev–Trinajstić information content (AvgIpc) is 3.45. The largest absolute Gasteiger partial charge is 0.444 e. The molecule has 0 radical (unpaired) electrons. The maximum Gasteiger partial charge on any atom is 0.408 e. The van der Waals surface area contributed by atoms with Crippen molar-refractivity contribution in [3.05, 3.63) is 29.3 Å². The summed E-state index contributed by atoms with van der Waals surface area (Å²) in [6.45, 7) is 9.47. The second-order valence-electron chi connectivity index (χ2n) is 11.8. The van der Waals surface area contributed by atoms with E-state index in [1.807, 2.05) is 0 Å². The number of carbonyl (C=O) groups excluding carboxylic acids is 4. The molecule has 2 heterocycles. The molecule has 37 heavy (non-hydrogen) atoms. The molecular weight excluding hydrogens is 474 g/mol. The Hall–Kier alpha value is -3.43. The summed E-state index contributed by atoms with van der Waals surface area (Å²) in [4.78, 5) is 55.8. The number of ether oxygens (including phenoxy) is 1. The van der Waals surface area contributed by atoms with Crippen molar-refractivity contribution < 1.29 is 28.5 Å². The van der Waals surface area contributed by atoms with E-state index in [9.17, 15) is 19.2 Å². The van der Waals surface area contributed by atoms with Crippen molar-refractivity contribution in [2.45, 2.75) is 69.7 Å². The molecule has 4 amide bonds. The van der Waals surface area contributed by atoms with Crippen LogP contribution in [0.3, 0.4) is 0 Å². The number of hydrogen-bond donors (Lipinski definition) is 2. The molecule has 1 spiro atoms. The van der Waals surface area contributed by atoms with Gasteiger partial charge in [0.05, 0.1) is 6.42 Å². The number of hydrogen-bond acceptors (Lipinski definition) is 5. The van der Waals surface area contributed by atoms with Gasteiger partial charge in [0, 0.05) is 31.9 Å². The average molecular weight is 513 g/mol. The number of nitrogens with one attached hydrogen (secondary N) is 2. The summed E-state index contributed by atoms with van der Waals surface area (Å²) in [5.74, 6) is -0.276. The van der Waals surface area contributed by atoms with Crippen LogP contribution in [0, 0.1) is 5.92 Å². The third-order valence-corrected chi connectivity index (χ3v) is 7.25. The third-order valence-electron chi connectivity index (χ3n) is 7.25. The van der Waals surface area contributed by atoms with Crippen LogP contribution >= 0.6 is 0 Å². The van der Waals surface area contributed by atoms with Gasteiger partial charge in [0.2, 0.25) is 18.0 Å². The molecule has 10 nitrogen and oxygen atoms in total. The van der Waals surface area contributed by atoms with E-state index in [1.54, 1.807) is 69.6 Å². The van der Waals surface area contributed by atoms with Crippen molar-refractivity contribution in [2.24, 2.45) is 5.92 Å². The smallest absolute Gasteiger partial charge is 0.408 e. The fraction of sp³-hybridized carbons (Fsp3) is 0.593. The minimum Gasteiger partial charge on any atom is -0.444 e. The maximum atomic E-state index is 14.0. The summed E-state index contributed by atoms with van der Waals surface area (Å²) in [6.07, 6.45) is 1.75. The molecule has 1 aromatic rings. The Labute approximate surface area is 218 Å². The lowest BCUT2D eigenvalue weighted by molar-refractivity contribution is -0.549. The molecule has 2 aliphatic heterocycles. The fourth-order valence-corrected chi connectivity index (χ4v) is 5.22. The summed E-state index contributed by atoms with van der Waals surface area (Å²) in [5.41, 5.74) is 0.0911. The Kier molecular flexibility index (Phi) is 6.81. The van der Waals surface area contributed by atoms with Gasteiger partial charge in [0.15, 0.2) is 0 Å². The van der Waals surface area contributed by atoms with Gasteiger partial charge in [-0.25, -0.2) is 9.37 Å². The van der Waals surface area contributed by atoms with Crippen LogP contribution in [-0.4, -0.2) is 90.4 Å². The van der Waals surface area contributed by atoms with Crippen molar-refractivity contribution in [2.75, 3.05) is 33.0 Å². The first-order valence-corrected chi connectivity index (χ1v) is 12.7. The quantitative estimate of drug-likeness (QED) is 0.448. The summed E-state index contributed by atoms with van der Waals surface area (Å²) in [7, 11) is 5.12. The minimum absolute atomic E-state index is 0.117. The van der Waals surface area contributed by atoms with E-state index in [2.05, 4.69) is 17.4 Å². The third kappa shape index (κ3) is 5.33. The topological polar surface area (TPSA) is 111 Å². The summed E-state index contributed by atoms with van der Waals surface area (Å²) in [6, 6.07) is 4.42. The number of alkyl carbamates (subject to hydrolysis) is 1. The van der Waals surface area contributed by atoms with Gasteiger partial charge in [-0.05, 0) is 56.9 Å². The second-order valence-corrected chi connectivity index (χ2v) is 11.8. The minimum atomic E-state index is -1.03. The van der Waals surface area contributed by atoms with E-state index in [0.29, 0.717) is 35.6 Å². The van der Waals surface area contributed by atoms with E-state index in [1.165, 1.54) is 4.90 Å². The van der Waals surface area contributed by atoms with Crippen LogP contribution in [0.15, 0.2) is 18.2 Å². The Morgan fingerprint density at radius 3 is 2.54 bits per heavy atom. The van der Waals surface area contributed by atoms with Crippen molar-refractivity contribution in [3.8, 4) is 0 Å². The molecule has 3 atom stereocenters. The molecule has 0 bridgehead atoms. The highest BCUT2D eigenvalue weighted by molar-refractivity contribution is 6.08. The van der Waals surface area contributed by atoms with Gasteiger partial charge in [-0.2, -0.15) is 0 Å². The van der Waals surface area contributed by atoms with Gasteiger partial charge in [0.1, 0.15) is 30.8 Å². The number of amides is 4. The molecular formula is C27H38N5O5+. The normalized spacial score (nSPS) is 23.4. The Balaban J connectivity index is 1.66. The van der Waals surface area contributed by atoms with E-state index in [4.69, 9.17) is 4.74 Å². The first-order valence-electron chi connectivity index (χ1n) is 12.7. The molecule has 1 saturated carbocycles. The Morgan fingerprint density at radius 1 is 1.30 bits per heavy atom. The van der Waals surface area contributed by atoms with Crippen LogP contribution in [0.2, 0.25) is 0 Å². The number of likely N-dealkylation sites (tertiary alicyclic amines) is 1. The van der Waals surface area contributed by atoms with Crippen LogP contribution in [0.4, 0.5) is 10.5 Å². The molecule has 4 rings (SSSR count). The zero-order valence-electron chi connectivity index (χ0n) is 22.6. The maximum absolute atomic E-state index is 14.0. The van der Waals surface area contributed by atoms with Crippen LogP contribution < -0.4 is 10.6 Å². The summed E-state index contributed by atoms with van der Waals surface area (Å²) >= 11 is 0. The molecule has 1 aliphatic carbocycles. The van der Waals surface area contributed by atoms with Gasteiger partial charge in [-0.3, -0.25) is 19.3 Å². The monoisotopic (exact) mass is 512 g/mol. The Morgan fingerprint density at radius 2 is 1.97 bits per heavy atom. The molecule has 1 aromatic carbocycles. The molecule has 2 fully saturated rings. The number of anilines is 1. The predicted molar refractivity (Wildman–Crippen MR) is 139 cm³/mol. The molecule has 1 saturated heterocycles. The van der Waals surface area contributed by atoms with E-state index in [0.717, 1.165) is 12.8 Å². The van der Waals surface area contributed by atoms with E-state index < -0.39 is 29.3 Å². The first kappa shape index (κ1) is 26.6. The zero-order chi connectivity index (χ0) is 27.3. The second kappa shape index (κ2) is 9.46. The van der Waals surface area contributed by atoms with Gasteiger partial charge in [-0.15, -0.1) is 0 Å². The molecule has 0 aromatic heterocycles. The number of fused-ring (bicyclic) bond motifs is 2. The SMILES string of the molecule is C=[N+](C)[C@@H]1C[C@@]2(CN1C(=O)[C@H](CC1CC1)NC(=O)OC(C)(C)C)C(=O)Nc1ccc(C(=O)N(C)C)cc12. The molecule has 3 aliphatic rings. The lowest BCUT2D eigenvalue weighted by Gasteiger charge is -2.28. The van der Waals surface area contributed by atoms with Gasteiger partial charge >= 0.3 is 6.09 Å². The highest BCUT2D eigenvalue weighted by Gasteiger charge is 2.59. The standard InChI is InChI=1S/C27H37N5O5/c1-26(2,3)37-25(36)29-20(12-16-8-9-16)23(34)32-15-27(14-21(32)30(4)5)18-13-17(22(33)31(6)7)10-11-19(18)28-24(27)35/h10-11,13,16,20-21H,4,8-9,12,14-15H2,1-3,5-7H3,(H-,28,29,33,35,36)/p+1/t20-,21-,27-/m0/s1. The molecule has 10 heteroatoms. The van der Waals surface area contributed by atoms with E-state index >= 15 is 0 Å². The zero-order valence-corrected chi connectivity index (χ0v) is 22.6. The number of rotatable bonds is 6. The van der Waals surface area contributed by atoms with Crippen molar-refractivity contribution in [1.29, 1.82) is 0 Å². The van der Waals surface area contributed by atoms with Crippen molar-refractivity contribution >= 4 is 36.2 Å².